The summed E-state index contributed by atoms with van der Waals surface area (Å²) >= 11 is 1.72. The molecule has 2 heterocycles. The number of quaternary nitrogens is 1. The molecule has 0 radical (unpaired) electrons. The molecule has 1 atom stereocenters. The smallest absolute Gasteiger partial charge is 0.260 e. The third kappa shape index (κ3) is 3.33. The molecule has 0 bridgehead atoms. The number of nitrogens with one attached hydrogen (secondary N) is 1. The molecule has 0 saturated heterocycles. The molecule has 0 amide bonds. The Morgan fingerprint density at radius 3 is 2.73 bits per heavy atom. The van der Waals surface area contributed by atoms with Gasteiger partial charge in [-0.2, -0.15) is 0 Å². The first kappa shape index (κ1) is 17.4. The lowest BCUT2D eigenvalue weighted by Crippen LogP contribution is -2.85. The third-order valence-corrected chi connectivity index (χ3v) is 6.53. The van der Waals surface area contributed by atoms with Crippen molar-refractivity contribution in [2.75, 3.05) is 0 Å². The number of fused-ring (bicyclic) bond motifs is 3. The standard InChI is InChI=1S/C21H25N3OS/c1-13(2)19(14-8-4-3-5-9-14)22-12-17-23-20(25)18-15-10-6-7-11-16(15)26-21(18)24-17/h3-5,8-9,13,19,22H,6-7,10-12H2,1-2H3,(H,23,24,25)/p+1/t19-/m1/s1. The van der Waals surface area contributed by atoms with Crippen molar-refractivity contribution >= 4 is 21.6 Å². The van der Waals surface area contributed by atoms with Crippen LogP contribution in [0.25, 0.3) is 10.2 Å². The molecule has 0 fully saturated rings. The maximum absolute atomic E-state index is 12.7. The minimum absolute atomic E-state index is 0.0404. The number of nitrogens with two attached hydrogens (primary N) is 1. The van der Waals surface area contributed by atoms with Gasteiger partial charge in [0.2, 0.25) is 0 Å². The number of H-pyrrole nitrogens is 1. The minimum Gasteiger partial charge on any atom is -0.334 e. The van der Waals surface area contributed by atoms with Crippen LogP contribution in [0.1, 0.15) is 54.6 Å². The summed E-state index contributed by atoms with van der Waals surface area (Å²) in [5, 5.41) is 3.13. The van der Waals surface area contributed by atoms with Crippen LogP contribution in [0.2, 0.25) is 0 Å². The van der Waals surface area contributed by atoms with E-state index >= 15 is 0 Å². The van der Waals surface area contributed by atoms with Crippen LogP contribution in [0, 0.1) is 5.92 Å². The van der Waals surface area contributed by atoms with E-state index in [9.17, 15) is 4.79 Å². The lowest BCUT2D eigenvalue weighted by molar-refractivity contribution is -0.718. The quantitative estimate of drug-likeness (QED) is 0.726. The average molecular weight is 369 g/mol. The third-order valence-electron chi connectivity index (χ3n) is 5.34. The molecule has 1 aliphatic rings. The Kier molecular flexibility index (Phi) is 4.92. The zero-order chi connectivity index (χ0) is 18.1. The SMILES string of the molecule is CC(C)[C@@H]([NH2+]Cc1nc2sc3c(c2c(=O)[nH]1)CCCC3)c1ccccc1. The first-order valence-corrected chi connectivity index (χ1v) is 10.4. The van der Waals surface area contributed by atoms with Crippen molar-refractivity contribution < 1.29 is 5.32 Å². The molecule has 3 aromatic rings. The van der Waals surface area contributed by atoms with E-state index in [0.717, 1.165) is 28.9 Å². The Bertz CT molecular complexity index is 959. The van der Waals surface area contributed by atoms with Crippen molar-refractivity contribution in [2.24, 2.45) is 5.92 Å². The molecule has 3 N–H and O–H groups in total. The van der Waals surface area contributed by atoms with Crippen LogP contribution in [0.15, 0.2) is 35.1 Å². The molecule has 0 saturated carbocycles. The molecule has 4 nitrogen and oxygen atoms in total. The predicted molar refractivity (Wildman–Crippen MR) is 107 cm³/mol. The fraction of sp³-hybridized carbons (Fsp3) is 0.429. The summed E-state index contributed by atoms with van der Waals surface area (Å²) in [6, 6.07) is 10.9. The second-order valence-corrected chi connectivity index (χ2v) is 8.61. The number of thiophene rings is 1. The van der Waals surface area contributed by atoms with Crippen LogP contribution in [-0.2, 0) is 19.4 Å². The van der Waals surface area contributed by atoms with Gasteiger partial charge in [-0.25, -0.2) is 4.98 Å². The van der Waals surface area contributed by atoms with Crippen molar-refractivity contribution in [1.82, 2.24) is 9.97 Å². The number of aryl methyl sites for hydroxylation is 2. The van der Waals surface area contributed by atoms with Gasteiger partial charge in [-0.3, -0.25) is 4.79 Å². The lowest BCUT2D eigenvalue weighted by atomic mass is 9.96. The van der Waals surface area contributed by atoms with Gasteiger partial charge < -0.3 is 10.3 Å². The van der Waals surface area contributed by atoms with Crippen molar-refractivity contribution in [3.05, 3.63) is 62.5 Å². The van der Waals surface area contributed by atoms with Gasteiger partial charge >= 0.3 is 0 Å². The molecule has 136 valence electrons. The number of aromatic amines is 1. The summed E-state index contributed by atoms with van der Waals surface area (Å²) in [6.07, 6.45) is 4.53. The molecule has 26 heavy (non-hydrogen) atoms. The molecule has 0 aliphatic heterocycles. The first-order valence-electron chi connectivity index (χ1n) is 9.55. The normalized spacial score (nSPS) is 15.3. The fourth-order valence-electron chi connectivity index (χ4n) is 4.01. The molecule has 4 rings (SSSR count). The van der Waals surface area contributed by atoms with E-state index in [1.807, 2.05) is 6.07 Å². The van der Waals surface area contributed by atoms with E-state index in [2.05, 4.69) is 48.4 Å². The minimum atomic E-state index is 0.0404. The number of aromatic nitrogens is 2. The molecular formula is C21H26N3OS+. The van der Waals surface area contributed by atoms with Crippen LogP contribution in [0.4, 0.5) is 0 Å². The van der Waals surface area contributed by atoms with E-state index in [-0.39, 0.29) is 5.56 Å². The van der Waals surface area contributed by atoms with Crippen molar-refractivity contribution in [3.8, 4) is 0 Å². The number of hydrogen-bond acceptors (Lipinski definition) is 3. The molecule has 1 aromatic carbocycles. The number of nitrogens with zero attached hydrogens (tertiary/aromatic N) is 1. The Labute approximate surface area is 157 Å². The highest BCUT2D eigenvalue weighted by atomic mass is 32.1. The van der Waals surface area contributed by atoms with Crippen molar-refractivity contribution in [2.45, 2.75) is 52.1 Å². The Hall–Kier alpha value is -1.98. The van der Waals surface area contributed by atoms with E-state index < -0.39 is 0 Å². The van der Waals surface area contributed by atoms with Gasteiger partial charge in [0, 0.05) is 16.4 Å². The van der Waals surface area contributed by atoms with Gasteiger partial charge in [-0.1, -0.05) is 44.2 Å². The van der Waals surface area contributed by atoms with Gasteiger partial charge in [0.15, 0.2) is 5.82 Å². The van der Waals surface area contributed by atoms with E-state index in [4.69, 9.17) is 4.98 Å². The highest BCUT2D eigenvalue weighted by Gasteiger charge is 2.22. The van der Waals surface area contributed by atoms with E-state index in [0.29, 0.717) is 18.5 Å². The maximum Gasteiger partial charge on any atom is 0.260 e. The number of rotatable bonds is 5. The van der Waals surface area contributed by atoms with Crippen LogP contribution >= 0.6 is 11.3 Å². The topological polar surface area (TPSA) is 62.4 Å². The van der Waals surface area contributed by atoms with Crippen molar-refractivity contribution in [1.29, 1.82) is 0 Å². The number of hydrogen-bond donors (Lipinski definition) is 2. The Balaban J connectivity index is 1.60. The molecule has 5 heteroatoms. The average Bonchev–Trinajstić information content (AvgIpc) is 3.01. The summed E-state index contributed by atoms with van der Waals surface area (Å²) in [7, 11) is 0. The van der Waals surface area contributed by atoms with Crippen LogP contribution < -0.4 is 10.9 Å². The van der Waals surface area contributed by atoms with Crippen LogP contribution in [0.3, 0.4) is 0 Å². The molecule has 0 spiro atoms. The Morgan fingerprint density at radius 2 is 1.96 bits per heavy atom. The molecule has 2 aromatic heterocycles. The highest BCUT2D eigenvalue weighted by molar-refractivity contribution is 7.18. The molecule has 1 aliphatic carbocycles. The highest BCUT2D eigenvalue weighted by Crippen LogP contribution is 2.33. The molecular weight excluding hydrogens is 342 g/mol. The van der Waals surface area contributed by atoms with Crippen LogP contribution in [-0.4, -0.2) is 9.97 Å². The zero-order valence-electron chi connectivity index (χ0n) is 15.4. The van der Waals surface area contributed by atoms with Crippen LogP contribution in [0.5, 0.6) is 0 Å². The Morgan fingerprint density at radius 1 is 1.19 bits per heavy atom. The van der Waals surface area contributed by atoms with Gasteiger partial charge in [-0.15, -0.1) is 11.3 Å². The summed E-state index contributed by atoms with van der Waals surface area (Å²) < 4.78 is 0. The van der Waals surface area contributed by atoms with Gasteiger partial charge in [0.05, 0.1) is 5.39 Å². The summed E-state index contributed by atoms with van der Waals surface area (Å²) in [4.78, 5) is 22.8. The van der Waals surface area contributed by atoms with Crippen molar-refractivity contribution in [3.63, 3.8) is 0 Å². The summed E-state index contributed by atoms with van der Waals surface area (Å²) in [6.45, 7) is 5.16. The monoisotopic (exact) mass is 368 g/mol. The predicted octanol–water partition coefficient (Wildman–Crippen LogP) is 3.32. The molecule has 0 unspecified atom stereocenters. The maximum atomic E-state index is 12.7. The fourth-order valence-corrected chi connectivity index (χ4v) is 5.29. The summed E-state index contributed by atoms with van der Waals surface area (Å²) in [5.74, 6) is 1.28. The largest absolute Gasteiger partial charge is 0.334 e. The van der Waals surface area contributed by atoms with E-state index in [1.54, 1.807) is 11.3 Å². The summed E-state index contributed by atoms with van der Waals surface area (Å²) in [5.41, 5.74) is 2.61. The zero-order valence-corrected chi connectivity index (χ0v) is 16.2. The number of benzene rings is 1. The lowest BCUT2D eigenvalue weighted by Gasteiger charge is -2.19. The second-order valence-electron chi connectivity index (χ2n) is 7.52. The van der Waals surface area contributed by atoms with Gasteiger partial charge in [0.25, 0.3) is 5.56 Å². The van der Waals surface area contributed by atoms with Gasteiger partial charge in [-0.05, 0) is 31.2 Å². The first-order chi connectivity index (χ1) is 12.6. The second kappa shape index (κ2) is 7.33. The van der Waals surface area contributed by atoms with Gasteiger partial charge in [0.1, 0.15) is 17.4 Å². The van der Waals surface area contributed by atoms with E-state index in [1.165, 1.54) is 28.8 Å².